The lowest BCUT2D eigenvalue weighted by Gasteiger charge is -2.04. The first-order chi connectivity index (χ1) is 7.72. The maximum Gasteiger partial charge on any atom is 0.153 e. The van der Waals surface area contributed by atoms with E-state index in [0.717, 1.165) is 5.69 Å². The highest BCUT2D eigenvalue weighted by molar-refractivity contribution is 5.79. The molecule has 0 radical (unpaired) electrons. The van der Waals surface area contributed by atoms with Gasteiger partial charge in [0.15, 0.2) is 6.29 Å². The molecular weight excluding hydrogens is 205 g/mol. The van der Waals surface area contributed by atoms with Gasteiger partial charge >= 0.3 is 0 Å². The summed E-state index contributed by atoms with van der Waals surface area (Å²) in [6, 6.07) is 8.34. The zero-order chi connectivity index (χ0) is 11.5. The SMILES string of the molecule is Cc1ccc(-c2cccc(C=O)c2F)cn1. The van der Waals surface area contributed by atoms with E-state index in [1.54, 1.807) is 24.4 Å². The minimum atomic E-state index is -0.497. The van der Waals surface area contributed by atoms with Crippen LogP contribution < -0.4 is 0 Å². The summed E-state index contributed by atoms with van der Waals surface area (Å²) in [5.41, 5.74) is 2.01. The van der Waals surface area contributed by atoms with Crippen LogP contribution in [0.15, 0.2) is 36.5 Å². The van der Waals surface area contributed by atoms with Gasteiger partial charge in [-0.05, 0) is 19.1 Å². The molecule has 0 unspecified atom stereocenters. The number of pyridine rings is 1. The van der Waals surface area contributed by atoms with E-state index in [2.05, 4.69) is 4.98 Å². The van der Waals surface area contributed by atoms with E-state index in [9.17, 15) is 9.18 Å². The van der Waals surface area contributed by atoms with Crippen LogP contribution in [0.1, 0.15) is 16.1 Å². The molecule has 0 bridgehead atoms. The third kappa shape index (κ3) is 1.84. The third-order valence-corrected chi connectivity index (χ3v) is 2.38. The summed E-state index contributed by atoms with van der Waals surface area (Å²) in [5.74, 6) is -0.497. The number of rotatable bonds is 2. The minimum absolute atomic E-state index is 0.0677. The second kappa shape index (κ2) is 4.23. The van der Waals surface area contributed by atoms with Crippen LogP contribution in [0.25, 0.3) is 11.1 Å². The van der Waals surface area contributed by atoms with Gasteiger partial charge in [-0.2, -0.15) is 0 Å². The molecule has 0 amide bonds. The molecule has 80 valence electrons. The number of aromatic nitrogens is 1. The first-order valence-electron chi connectivity index (χ1n) is 4.89. The van der Waals surface area contributed by atoms with E-state index < -0.39 is 5.82 Å². The van der Waals surface area contributed by atoms with Crippen molar-refractivity contribution in [3.63, 3.8) is 0 Å². The molecule has 2 nitrogen and oxygen atoms in total. The first-order valence-corrected chi connectivity index (χ1v) is 4.89. The van der Waals surface area contributed by atoms with Gasteiger partial charge in [0.1, 0.15) is 5.82 Å². The predicted molar refractivity (Wildman–Crippen MR) is 59.8 cm³/mol. The smallest absolute Gasteiger partial charge is 0.153 e. The zero-order valence-electron chi connectivity index (χ0n) is 8.77. The van der Waals surface area contributed by atoms with Crippen LogP contribution in [-0.4, -0.2) is 11.3 Å². The second-order valence-corrected chi connectivity index (χ2v) is 3.51. The normalized spacial score (nSPS) is 10.1. The van der Waals surface area contributed by atoms with Crippen molar-refractivity contribution < 1.29 is 9.18 Å². The number of aldehydes is 1. The van der Waals surface area contributed by atoms with Gasteiger partial charge in [-0.15, -0.1) is 0 Å². The minimum Gasteiger partial charge on any atom is -0.298 e. The lowest BCUT2D eigenvalue weighted by atomic mass is 10.0. The Labute approximate surface area is 92.8 Å². The summed E-state index contributed by atoms with van der Waals surface area (Å²) >= 11 is 0. The van der Waals surface area contributed by atoms with E-state index in [1.165, 1.54) is 6.07 Å². The summed E-state index contributed by atoms with van der Waals surface area (Å²) in [4.78, 5) is 14.7. The first kappa shape index (κ1) is 10.5. The van der Waals surface area contributed by atoms with Crippen LogP contribution in [0.2, 0.25) is 0 Å². The lowest BCUT2D eigenvalue weighted by molar-refractivity contribution is 0.112. The number of hydrogen-bond acceptors (Lipinski definition) is 2. The highest BCUT2D eigenvalue weighted by atomic mass is 19.1. The summed E-state index contributed by atoms with van der Waals surface area (Å²) < 4.78 is 13.8. The Morgan fingerprint density at radius 3 is 2.69 bits per heavy atom. The molecule has 0 atom stereocenters. The number of carbonyl (C=O) groups is 1. The van der Waals surface area contributed by atoms with E-state index in [4.69, 9.17) is 0 Å². The molecule has 0 saturated heterocycles. The molecule has 2 aromatic rings. The maximum absolute atomic E-state index is 13.8. The Morgan fingerprint density at radius 2 is 2.06 bits per heavy atom. The predicted octanol–water partition coefficient (Wildman–Crippen LogP) is 3.01. The molecule has 0 spiro atoms. The molecule has 16 heavy (non-hydrogen) atoms. The molecule has 0 aliphatic rings. The molecule has 1 heterocycles. The van der Waals surface area contributed by atoms with E-state index >= 15 is 0 Å². The van der Waals surface area contributed by atoms with Crippen molar-refractivity contribution in [2.75, 3.05) is 0 Å². The van der Waals surface area contributed by atoms with E-state index in [1.807, 2.05) is 13.0 Å². The van der Waals surface area contributed by atoms with Gasteiger partial charge in [0.25, 0.3) is 0 Å². The van der Waals surface area contributed by atoms with Crippen molar-refractivity contribution >= 4 is 6.29 Å². The van der Waals surface area contributed by atoms with E-state index in [-0.39, 0.29) is 5.56 Å². The van der Waals surface area contributed by atoms with Gasteiger partial charge in [0, 0.05) is 23.0 Å². The average molecular weight is 215 g/mol. The van der Waals surface area contributed by atoms with Crippen molar-refractivity contribution in [1.29, 1.82) is 0 Å². The number of nitrogens with zero attached hydrogens (tertiary/aromatic N) is 1. The van der Waals surface area contributed by atoms with Crippen molar-refractivity contribution in [2.24, 2.45) is 0 Å². The average Bonchev–Trinajstić information content (AvgIpc) is 2.31. The number of aryl methyl sites for hydroxylation is 1. The van der Waals surface area contributed by atoms with Crippen molar-refractivity contribution in [1.82, 2.24) is 4.98 Å². The molecule has 2 rings (SSSR count). The molecule has 0 fully saturated rings. The van der Waals surface area contributed by atoms with Gasteiger partial charge in [0.05, 0.1) is 5.56 Å². The molecular formula is C13H10FNO. The standard InChI is InChI=1S/C13H10FNO/c1-9-5-6-10(7-15-9)12-4-2-3-11(8-16)13(12)14/h2-8H,1H3. The van der Waals surface area contributed by atoms with Crippen LogP contribution in [0, 0.1) is 12.7 Å². The molecule has 1 aromatic heterocycles. The fourth-order valence-corrected chi connectivity index (χ4v) is 1.49. The van der Waals surface area contributed by atoms with Crippen LogP contribution >= 0.6 is 0 Å². The quantitative estimate of drug-likeness (QED) is 0.721. The fourth-order valence-electron chi connectivity index (χ4n) is 1.49. The Hall–Kier alpha value is -2.03. The number of halogens is 1. The molecule has 1 aromatic carbocycles. The molecule has 0 saturated carbocycles. The number of hydrogen-bond donors (Lipinski definition) is 0. The lowest BCUT2D eigenvalue weighted by Crippen LogP contribution is -1.92. The highest BCUT2D eigenvalue weighted by Crippen LogP contribution is 2.23. The Kier molecular flexibility index (Phi) is 2.77. The van der Waals surface area contributed by atoms with Crippen molar-refractivity contribution in [2.45, 2.75) is 6.92 Å². The molecule has 0 aliphatic heterocycles. The van der Waals surface area contributed by atoms with Crippen LogP contribution in [-0.2, 0) is 0 Å². The topological polar surface area (TPSA) is 30.0 Å². The zero-order valence-corrected chi connectivity index (χ0v) is 8.77. The van der Waals surface area contributed by atoms with Gasteiger partial charge in [-0.1, -0.05) is 18.2 Å². The number of carbonyl (C=O) groups excluding carboxylic acids is 1. The van der Waals surface area contributed by atoms with Gasteiger partial charge in [0.2, 0.25) is 0 Å². The summed E-state index contributed by atoms with van der Waals surface area (Å²) in [7, 11) is 0. The Bertz CT molecular complexity index is 520. The third-order valence-electron chi connectivity index (χ3n) is 2.38. The molecule has 0 N–H and O–H groups in total. The monoisotopic (exact) mass is 215 g/mol. The molecule has 0 aliphatic carbocycles. The van der Waals surface area contributed by atoms with Crippen LogP contribution in [0.5, 0.6) is 0 Å². The Balaban J connectivity index is 2.56. The Morgan fingerprint density at radius 1 is 1.25 bits per heavy atom. The van der Waals surface area contributed by atoms with Crippen LogP contribution in [0.3, 0.4) is 0 Å². The summed E-state index contributed by atoms with van der Waals surface area (Å²) in [6.45, 7) is 1.86. The second-order valence-electron chi connectivity index (χ2n) is 3.51. The van der Waals surface area contributed by atoms with Gasteiger partial charge in [-0.25, -0.2) is 4.39 Å². The van der Waals surface area contributed by atoms with Crippen LogP contribution in [0.4, 0.5) is 4.39 Å². The number of benzene rings is 1. The highest BCUT2D eigenvalue weighted by Gasteiger charge is 2.08. The van der Waals surface area contributed by atoms with Crippen molar-refractivity contribution in [3.05, 3.63) is 53.6 Å². The maximum atomic E-state index is 13.8. The fraction of sp³-hybridized carbons (Fsp3) is 0.0769. The van der Waals surface area contributed by atoms with E-state index in [0.29, 0.717) is 17.4 Å². The molecule has 3 heteroatoms. The van der Waals surface area contributed by atoms with Gasteiger partial charge in [-0.3, -0.25) is 9.78 Å². The van der Waals surface area contributed by atoms with Gasteiger partial charge < -0.3 is 0 Å². The summed E-state index contributed by atoms with van der Waals surface area (Å²) in [6.07, 6.45) is 2.11. The van der Waals surface area contributed by atoms with Crippen molar-refractivity contribution in [3.8, 4) is 11.1 Å². The largest absolute Gasteiger partial charge is 0.298 e. The summed E-state index contributed by atoms with van der Waals surface area (Å²) in [5, 5.41) is 0.